The highest BCUT2D eigenvalue weighted by atomic mass is 79.9. The number of hydrogen-bond acceptors (Lipinski definition) is 2. The summed E-state index contributed by atoms with van der Waals surface area (Å²) in [5.74, 6) is 0.864. The predicted molar refractivity (Wildman–Crippen MR) is 87.5 cm³/mol. The van der Waals surface area contributed by atoms with Crippen LogP contribution in [0, 0.1) is 0 Å². The summed E-state index contributed by atoms with van der Waals surface area (Å²) in [6, 6.07) is 15.9. The molecule has 0 atom stereocenters. The first-order chi connectivity index (χ1) is 10.3. The molecule has 21 heavy (non-hydrogen) atoms. The second-order valence-corrected chi connectivity index (χ2v) is 5.78. The summed E-state index contributed by atoms with van der Waals surface area (Å²) in [5, 5.41) is 10.3. The molecule has 3 rings (SSSR count). The number of aromatic nitrogens is 1. The van der Waals surface area contributed by atoms with E-state index in [0.29, 0.717) is 6.61 Å². The SMILES string of the molecule is OCc1ccc2c(ccn2CCOc2cccc(Br)c2)c1. The standard InChI is InChI=1S/C17H16BrNO2/c18-15-2-1-3-16(11-15)21-9-8-19-7-6-14-10-13(12-20)4-5-17(14)19/h1-7,10-11,20H,8-9,12H2. The molecule has 0 aliphatic carbocycles. The summed E-state index contributed by atoms with van der Waals surface area (Å²) in [6.07, 6.45) is 2.05. The molecule has 0 aliphatic rings. The molecule has 0 aliphatic heterocycles. The Balaban J connectivity index is 1.68. The van der Waals surface area contributed by atoms with Crippen molar-refractivity contribution >= 4 is 26.8 Å². The molecule has 1 N–H and O–H groups in total. The topological polar surface area (TPSA) is 34.4 Å². The molecule has 0 amide bonds. The van der Waals surface area contributed by atoms with Crippen LogP contribution in [-0.2, 0) is 13.2 Å². The second kappa shape index (κ2) is 6.33. The molecule has 3 aromatic rings. The van der Waals surface area contributed by atoms with Crippen molar-refractivity contribution in [2.45, 2.75) is 13.2 Å². The number of nitrogens with zero attached hydrogens (tertiary/aromatic N) is 1. The van der Waals surface area contributed by atoms with Gasteiger partial charge in [0.1, 0.15) is 12.4 Å². The minimum absolute atomic E-state index is 0.0765. The molecule has 0 spiro atoms. The van der Waals surface area contributed by atoms with Gasteiger partial charge in [0.05, 0.1) is 13.2 Å². The van der Waals surface area contributed by atoms with Gasteiger partial charge in [-0.15, -0.1) is 0 Å². The lowest BCUT2D eigenvalue weighted by Crippen LogP contribution is -2.07. The first kappa shape index (κ1) is 14.2. The van der Waals surface area contributed by atoms with E-state index in [0.717, 1.165) is 33.2 Å². The van der Waals surface area contributed by atoms with Crippen molar-refractivity contribution in [1.82, 2.24) is 4.57 Å². The van der Waals surface area contributed by atoms with Crippen molar-refractivity contribution in [1.29, 1.82) is 0 Å². The van der Waals surface area contributed by atoms with Gasteiger partial charge >= 0.3 is 0 Å². The summed E-state index contributed by atoms with van der Waals surface area (Å²) < 4.78 is 8.94. The van der Waals surface area contributed by atoms with Crippen molar-refractivity contribution in [3.8, 4) is 5.75 Å². The molecule has 0 fully saturated rings. The zero-order chi connectivity index (χ0) is 14.7. The maximum absolute atomic E-state index is 9.16. The van der Waals surface area contributed by atoms with Crippen LogP contribution in [0.2, 0.25) is 0 Å². The lowest BCUT2D eigenvalue weighted by molar-refractivity contribution is 0.282. The monoisotopic (exact) mass is 345 g/mol. The van der Waals surface area contributed by atoms with Gasteiger partial charge in [-0.05, 0) is 47.3 Å². The van der Waals surface area contributed by atoms with Crippen molar-refractivity contribution < 1.29 is 9.84 Å². The van der Waals surface area contributed by atoms with Crippen LogP contribution in [0.1, 0.15) is 5.56 Å². The number of halogens is 1. The molecule has 0 radical (unpaired) electrons. The molecule has 0 unspecified atom stereocenters. The van der Waals surface area contributed by atoms with Crippen molar-refractivity contribution in [2.24, 2.45) is 0 Å². The van der Waals surface area contributed by atoms with E-state index in [4.69, 9.17) is 9.84 Å². The average molecular weight is 346 g/mol. The molecule has 4 heteroatoms. The van der Waals surface area contributed by atoms with Gasteiger partial charge in [-0.25, -0.2) is 0 Å². The summed E-state index contributed by atoms with van der Waals surface area (Å²) in [6.45, 7) is 1.48. The summed E-state index contributed by atoms with van der Waals surface area (Å²) >= 11 is 3.43. The summed E-state index contributed by atoms with van der Waals surface area (Å²) in [4.78, 5) is 0. The first-order valence-electron chi connectivity index (χ1n) is 6.83. The van der Waals surface area contributed by atoms with Gasteiger partial charge < -0.3 is 14.4 Å². The second-order valence-electron chi connectivity index (χ2n) is 4.87. The van der Waals surface area contributed by atoms with Crippen LogP contribution < -0.4 is 4.74 Å². The van der Waals surface area contributed by atoms with Crippen LogP contribution in [0.5, 0.6) is 5.75 Å². The smallest absolute Gasteiger partial charge is 0.120 e. The fourth-order valence-electron chi connectivity index (χ4n) is 2.36. The third-order valence-corrected chi connectivity index (χ3v) is 3.91. The molecular weight excluding hydrogens is 330 g/mol. The molecule has 2 aromatic carbocycles. The van der Waals surface area contributed by atoms with E-state index in [-0.39, 0.29) is 6.61 Å². The number of rotatable bonds is 5. The van der Waals surface area contributed by atoms with Crippen LogP contribution >= 0.6 is 15.9 Å². The maximum atomic E-state index is 9.16. The number of hydrogen-bond donors (Lipinski definition) is 1. The number of ether oxygens (including phenoxy) is 1. The summed E-state index contributed by atoms with van der Waals surface area (Å²) in [7, 11) is 0. The normalized spacial score (nSPS) is 11.0. The highest BCUT2D eigenvalue weighted by Gasteiger charge is 2.02. The Morgan fingerprint density at radius 2 is 2.00 bits per heavy atom. The van der Waals surface area contributed by atoms with Gasteiger partial charge in [0.2, 0.25) is 0 Å². The van der Waals surface area contributed by atoms with E-state index in [1.54, 1.807) is 0 Å². The van der Waals surface area contributed by atoms with E-state index in [2.05, 4.69) is 32.8 Å². The molecule has 1 aromatic heterocycles. The van der Waals surface area contributed by atoms with Crippen molar-refractivity contribution in [3.05, 3.63) is 64.8 Å². The Hall–Kier alpha value is -1.78. The number of aliphatic hydroxyl groups excluding tert-OH is 1. The third kappa shape index (κ3) is 3.28. The lowest BCUT2D eigenvalue weighted by Gasteiger charge is -2.09. The van der Waals surface area contributed by atoms with Gasteiger partial charge in [-0.3, -0.25) is 0 Å². The molecular formula is C17H16BrNO2. The molecule has 108 valence electrons. The Labute approximate surface area is 131 Å². The van der Waals surface area contributed by atoms with Gasteiger partial charge in [0.25, 0.3) is 0 Å². The number of benzene rings is 2. The van der Waals surface area contributed by atoms with Crippen LogP contribution in [0.4, 0.5) is 0 Å². The van der Waals surface area contributed by atoms with E-state index >= 15 is 0 Å². The molecule has 3 nitrogen and oxygen atoms in total. The van der Waals surface area contributed by atoms with Crippen LogP contribution in [0.25, 0.3) is 10.9 Å². The minimum atomic E-state index is 0.0765. The Bertz CT molecular complexity index is 751. The summed E-state index contributed by atoms with van der Waals surface area (Å²) in [5.41, 5.74) is 2.09. The van der Waals surface area contributed by atoms with Crippen LogP contribution in [0.15, 0.2) is 59.2 Å². The average Bonchev–Trinajstić information content (AvgIpc) is 2.90. The quantitative estimate of drug-likeness (QED) is 0.758. The highest BCUT2D eigenvalue weighted by Crippen LogP contribution is 2.19. The zero-order valence-electron chi connectivity index (χ0n) is 11.5. The van der Waals surface area contributed by atoms with E-state index in [9.17, 15) is 0 Å². The fraction of sp³-hybridized carbons (Fsp3) is 0.176. The van der Waals surface area contributed by atoms with E-state index < -0.39 is 0 Å². The molecule has 0 saturated heterocycles. The van der Waals surface area contributed by atoms with Crippen LogP contribution in [0.3, 0.4) is 0 Å². The third-order valence-electron chi connectivity index (χ3n) is 3.41. The largest absolute Gasteiger partial charge is 0.492 e. The molecule has 1 heterocycles. The Morgan fingerprint density at radius 1 is 1.10 bits per heavy atom. The first-order valence-corrected chi connectivity index (χ1v) is 7.62. The molecule has 0 bridgehead atoms. The van der Waals surface area contributed by atoms with E-state index in [1.165, 1.54) is 0 Å². The van der Waals surface area contributed by atoms with Crippen molar-refractivity contribution in [3.63, 3.8) is 0 Å². The highest BCUT2D eigenvalue weighted by molar-refractivity contribution is 9.10. The fourth-order valence-corrected chi connectivity index (χ4v) is 2.74. The molecule has 0 saturated carbocycles. The van der Waals surface area contributed by atoms with Gasteiger partial charge in [0.15, 0.2) is 0 Å². The minimum Gasteiger partial charge on any atom is -0.492 e. The Kier molecular flexibility index (Phi) is 4.27. The van der Waals surface area contributed by atoms with Gasteiger partial charge in [-0.2, -0.15) is 0 Å². The predicted octanol–water partition coefficient (Wildman–Crippen LogP) is 3.98. The number of aliphatic hydroxyl groups is 1. The number of fused-ring (bicyclic) bond motifs is 1. The zero-order valence-corrected chi connectivity index (χ0v) is 13.1. The lowest BCUT2D eigenvalue weighted by atomic mass is 10.2. The van der Waals surface area contributed by atoms with E-state index in [1.807, 2.05) is 42.5 Å². The van der Waals surface area contributed by atoms with Gasteiger partial charge in [-0.1, -0.05) is 28.1 Å². The van der Waals surface area contributed by atoms with Crippen molar-refractivity contribution in [2.75, 3.05) is 6.61 Å². The van der Waals surface area contributed by atoms with Crippen LogP contribution in [-0.4, -0.2) is 16.3 Å². The Morgan fingerprint density at radius 3 is 2.81 bits per heavy atom. The maximum Gasteiger partial charge on any atom is 0.120 e. The van der Waals surface area contributed by atoms with Gasteiger partial charge in [0, 0.05) is 16.2 Å².